The average molecular weight is 307 g/mol. The van der Waals surface area contributed by atoms with E-state index in [4.69, 9.17) is 4.74 Å². The number of esters is 1. The molecule has 0 saturated carbocycles. The van der Waals surface area contributed by atoms with E-state index in [0.717, 1.165) is 6.54 Å². The minimum atomic E-state index is -4.16. The van der Waals surface area contributed by atoms with Crippen molar-refractivity contribution in [2.75, 3.05) is 33.0 Å². The molecule has 0 saturated heterocycles. The molecule has 7 heteroatoms. The van der Waals surface area contributed by atoms with Crippen molar-refractivity contribution < 1.29 is 27.0 Å². The van der Waals surface area contributed by atoms with Crippen molar-refractivity contribution in [1.82, 2.24) is 0 Å². The van der Waals surface area contributed by atoms with Crippen LogP contribution in [-0.2, 0) is 19.6 Å². The molecular weight excluding hydrogens is 282 g/mol. The van der Waals surface area contributed by atoms with Gasteiger partial charge in [0.1, 0.15) is 0 Å². The van der Waals surface area contributed by atoms with Crippen LogP contribution in [0.2, 0.25) is 0 Å². The molecule has 0 bridgehead atoms. The first-order valence-electron chi connectivity index (χ1n) is 6.54. The summed E-state index contributed by atoms with van der Waals surface area (Å²) < 4.78 is 37.5. The Hall–Kier alpha value is -0.920. The Labute approximate surface area is 121 Å². The van der Waals surface area contributed by atoms with Crippen molar-refractivity contribution in [3.05, 3.63) is 12.2 Å². The fourth-order valence-corrected chi connectivity index (χ4v) is 2.27. The Morgan fingerprint density at radius 1 is 1.40 bits per heavy atom. The molecule has 0 aliphatic rings. The van der Waals surface area contributed by atoms with Crippen LogP contribution in [0.15, 0.2) is 12.2 Å². The Bertz CT molecular complexity index is 442. The Morgan fingerprint density at radius 2 is 1.95 bits per heavy atom. The van der Waals surface area contributed by atoms with Crippen LogP contribution >= 0.6 is 0 Å². The Balaban J connectivity index is 4.11. The van der Waals surface area contributed by atoms with E-state index in [1.54, 1.807) is 6.92 Å². The van der Waals surface area contributed by atoms with Gasteiger partial charge in [0.25, 0.3) is 0 Å². The maximum Gasteiger partial charge on any atom is 0.333 e. The van der Waals surface area contributed by atoms with Crippen LogP contribution in [0.5, 0.6) is 0 Å². The lowest BCUT2D eigenvalue weighted by atomic mass is 10.2. The number of nitrogens with zero attached hydrogens (tertiary/aromatic N) is 1. The second kappa shape index (κ2) is 7.75. The summed E-state index contributed by atoms with van der Waals surface area (Å²) in [4.78, 5) is 11.2. The Kier molecular flexibility index (Phi) is 7.40. The molecule has 6 nitrogen and oxygen atoms in total. The summed E-state index contributed by atoms with van der Waals surface area (Å²) in [5.41, 5.74) is 0.368. The molecule has 0 aromatic rings. The summed E-state index contributed by atoms with van der Waals surface area (Å²) in [5.74, 6) is -0.749. The summed E-state index contributed by atoms with van der Waals surface area (Å²) >= 11 is 0. The van der Waals surface area contributed by atoms with E-state index >= 15 is 0 Å². The molecule has 0 radical (unpaired) electrons. The van der Waals surface area contributed by atoms with Crippen LogP contribution in [-0.4, -0.2) is 62.5 Å². The SMILES string of the molecule is C=C(C)C(=O)OCCC[N+](C)(C)C(C)CCS(=O)(=O)[O-]. The zero-order valence-corrected chi connectivity index (χ0v) is 13.5. The normalized spacial score (nSPS) is 13.8. The van der Waals surface area contributed by atoms with Gasteiger partial charge in [0.05, 0.1) is 43.4 Å². The lowest BCUT2D eigenvalue weighted by Crippen LogP contribution is -2.48. The molecule has 0 fully saturated rings. The highest BCUT2D eigenvalue weighted by Gasteiger charge is 2.24. The summed E-state index contributed by atoms with van der Waals surface area (Å²) in [6, 6.07) is 0.0376. The Morgan fingerprint density at radius 3 is 2.40 bits per heavy atom. The molecule has 0 N–H and O–H groups in total. The van der Waals surface area contributed by atoms with Crippen LogP contribution in [0.1, 0.15) is 26.7 Å². The molecular formula is C13H25NO5S. The average Bonchev–Trinajstić information content (AvgIpc) is 2.30. The van der Waals surface area contributed by atoms with Gasteiger partial charge in [0, 0.05) is 24.2 Å². The number of hydrogen-bond donors (Lipinski definition) is 0. The molecule has 1 atom stereocenters. The van der Waals surface area contributed by atoms with Crippen LogP contribution in [0, 0.1) is 0 Å². The minimum Gasteiger partial charge on any atom is -0.748 e. The smallest absolute Gasteiger partial charge is 0.333 e. The van der Waals surface area contributed by atoms with Gasteiger partial charge in [-0.15, -0.1) is 0 Å². The molecule has 0 amide bonds. The molecule has 118 valence electrons. The van der Waals surface area contributed by atoms with Gasteiger partial charge in [-0.3, -0.25) is 0 Å². The number of hydrogen-bond acceptors (Lipinski definition) is 5. The first-order chi connectivity index (χ1) is 8.96. The third kappa shape index (κ3) is 8.29. The number of carbonyl (C=O) groups is 1. The van der Waals surface area contributed by atoms with E-state index in [1.807, 2.05) is 21.0 Å². The lowest BCUT2D eigenvalue weighted by Gasteiger charge is -2.36. The predicted molar refractivity (Wildman–Crippen MR) is 76.0 cm³/mol. The molecule has 20 heavy (non-hydrogen) atoms. The molecule has 0 spiro atoms. The summed E-state index contributed by atoms with van der Waals surface area (Å²) in [5, 5.41) is 0. The van der Waals surface area contributed by atoms with Gasteiger partial charge in [0.2, 0.25) is 0 Å². The molecule has 0 aliphatic heterocycles. The van der Waals surface area contributed by atoms with Gasteiger partial charge in [-0.2, -0.15) is 0 Å². The number of rotatable bonds is 9. The number of ether oxygens (including phenoxy) is 1. The standard InChI is InChI=1S/C13H25NO5S/c1-11(2)13(15)19-9-6-8-14(4,5)12(3)7-10-20(16,17)18/h12H,1,6-10H2,2-5H3. The minimum absolute atomic E-state index is 0.0376. The topological polar surface area (TPSA) is 83.5 Å². The van der Waals surface area contributed by atoms with Gasteiger partial charge in [0.15, 0.2) is 0 Å². The van der Waals surface area contributed by atoms with Crippen molar-refractivity contribution in [2.45, 2.75) is 32.7 Å². The first-order valence-corrected chi connectivity index (χ1v) is 8.12. The monoisotopic (exact) mass is 307 g/mol. The maximum absolute atomic E-state index is 11.2. The van der Waals surface area contributed by atoms with Gasteiger partial charge >= 0.3 is 5.97 Å². The maximum atomic E-state index is 11.2. The van der Waals surface area contributed by atoms with E-state index in [0.29, 0.717) is 29.5 Å². The lowest BCUT2D eigenvalue weighted by molar-refractivity contribution is -0.913. The largest absolute Gasteiger partial charge is 0.748 e. The molecule has 0 aromatic carbocycles. The van der Waals surface area contributed by atoms with Crippen LogP contribution in [0.3, 0.4) is 0 Å². The quantitative estimate of drug-likeness (QED) is 0.208. The highest BCUT2D eigenvalue weighted by molar-refractivity contribution is 7.85. The van der Waals surface area contributed by atoms with Crippen LogP contribution < -0.4 is 0 Å². The van der Waals surface area contributed by atoms with E-state index in [-0.39, 0.29) is 11.8 Å². The van der Waals surface area contributed by atoms with Gasteiger partial charge in [-0.05, 0) is 13.8 Å². The van der Waals surface area contributed by atoms with Crippen LogP contribution in [0.4, 0.5) is 0 Å². The second-order valence-electron chi connectivity index (χ2n) is 5.67. The van der Waals surface area contributed by atoms with Crippen molar-refractivity contribution in [3.8, 4) is 0 Å². The highest BCUT2D eigenvalue weighted by Crippen LogP contribution is 2.12. The van der Waals surface area contributed by atoms with E-state index in [2.05, 4.69) is 6.58 Å². The molecule has 0 heterocycles. The van der Waals surface area contributed by atoms with Crippen LogP contribution in [0.25, 0.3) is 0 Å². The van der Waals surface area contributed by atoms with E-state index < -0.39 is 16.1 Å². The fraction of sp³-hybridized carbons (Fsp3) is 0.769. The van der Waals surface area contributed by atoms with Crippen molar-refractivity contribution >= 4 is 16.1 Å². The van der Waals surface area contributed by atoms with Gasteiger partial charge < -0.3 is 13.8 Å². The zero-order valence-electron chi connectivity index (χ0n) is 12.7. The summed E-state index contributed by atoms with van der Waals surface area (Å²) in [7, 11) is -0.243. The number of quaternary nitrogens is 1. The predicted octanol–water partition coefficient (Wildman–Crippen LogP) is 0.896. The summed E-state index contributed by atoms with van der Waals surface area (Å²) in [6.07, 6.45) is 0.991. The van der Waals surface area contributed by atoms with E-state index in [9.17, 15) is 17.8 Å². The van der Waals surface area contributed by atoms with Crippen molar-refractivity contribution in [2.24, 2.45) is 0 Å². The summed E-state index contributed by atoms with van der Waals surface area (Å²) in [6.45, 7) is 8.02. The molecule has 1 unspecified atom stereocenters. The fourth-order valence-electron chi connectivity index (χ4n) is 1.64. The third-order valence-corrected chi connectivity index (χ3v) is 4.17. The highest BCUT2D eigenvalue weighted by atomic mass is 32.2. The molecule has 0 aromatic heterocycles. The zero-order chi connectivity index (χ0) is 16.0. The van der Waals surface area contributed by atoms with Crippen molar-refractivity contribution in [1.29, 1.82) is 0 Å². The molecule has 0 aliphatic carbocycles. The first kappa shape index (κ1) is 19.1. The third-order valence-electron chi connectivity index (χ3n) is 3.44. The second-order valence-corrected chi connectivity index (χ2v) is 7.20. The van der Waals surface area contributed by atoms with Gasteiger partial charge in [-0.1, -0.05) is 6.58 Å². The van der Waals surface area contributed by atoms with Crippen molar-refractivity contribution in [3.63, 3.8) is 0 Å². The molecule has 0 rings (SSSR count). The number of carbonyl (C=O) groups excluding carboxylic acids is 1. The van der Waals surface area contributed by atoms with E-state index in [1.165, 1.54) is 0 Å². The van der Waals surface area contributed by atoms with Gasteiger partial charge in [-0.25, -0.2) is 13.2 Å².